The number of hydrogen-bond acceptors (Lipinski definition) is 4. The van der Waals surface area contributed by atoms with Gasteiger partial charge in [0.2, 0.25) is 0 Å². The molecule has 3 N–H and O–H groups in total. The molecule has 0 aliphatic carbocycles. The molecule has 0 saturated carbocycles. The Morgan fingerprint density at radius 3 is 2.63 bits per heavy atom. The van der Waals surface area contributed by atoms with Gasteiger partial charge in [0.05, 0.1) is 5.69 Å². The van der Waals surface area contributed by atoms with Crippen LogP contribution in [0.2, 0.25) is 0 Å². The number of nitrogens with zero attached hydrogens (tertiary/aromatic N) is 3. The molecule has 0 amide bonds. The first kappa shape index (κ1) is 13.8. The van der Waals surface area contributed by atoms with Crippen LogP contribution in [-0.4, -0.2) is 48.4 Å². The molecule has 0 unspecified atom stereocenters. The summed E-state index contributed by atoms with van der Waals surface area (Å²) in [6, 6.07) is 3.91. The molecule has 1 aromatic heterocycles. The molecule has 0 spiro atoms. The summed E-state index contributed by atoms with van der Waals surface area (Å²) in [6.45, 7) is 9.72. The minimum Gasteiger partial charge on any atom is -0.382 e. The summed E-state index contributed by atoms with van der Waals surface area (Å²) < 4.78 is 0. The topological polar surface area (TPSA) is 69.2 Å². The number of anilines is 1. The number of rotatable bonds is 4. The summed E-state index contributed by atoms with van der Waals surface area (Å²) in [5.41, 5.74) is 7.18. The van der Waals surface area contributed by atoms with Gasteiger partial charge in [0.15, 0.2) is 0 Å². The number of pyridine rings is 1. The van der Waals surface area contributed by atoms with Gasteiger partial charge in [-0.2, -0.15) is 0 Å². The maximum atomic E-state index is 7.61. The molecule has 0 atom stereocenters. The summed E-state index contributed by atoms with van der Waals surface area (Å²) in [7, 11) is 0. The second kappa shape index (κ2) is 6.02. The normalized spacial score (nSPS) is 16.9. The predicted octanol–water partition coefficient (Wildman–Crippen LogP) is 1.14. The zero-order valence-corrected chi connectivity index (χ0v) is 11.8. The van der Waals surface area contributed by atoms with Crippen LogP contribution in [0, 0.1) is 11.3 Å². The van der Waals surface area contributed by atoms with E-state index in [1.54, 1.807) is 6.20 Å². The average molecular weight is 261 g/mol. The zero-order chi connectivity index (χ0) is 13.8. The van der Waals surface area contributed by atoms with Crippen LogP contribution >= 0.6 is 0 Å². The van der Waals surface area contributed by atoms with Crippen molar-refractivity contribution >= 4 is 11.5 Å². The number of nitrogens with two attached hydrogens (primary N) is 1. The van der Waals surface area contributed by atoms with E-state index in [1.807, 2.05) is 12.1 Å². The Balaban J connectivity index is 2.04. The molecule has 1 aliphatic heterocycles. The third-order valence-corrected chi connectivity index (χ3v) is 3.38. The Morgan fingerprint density at radius 1 is 1.37 bits per heavy atom. The van der Waals surface area contributed by atoms with Crippen molar-refractivity contribution in [2.45, 2.75) is 13.8 Å². The molecule has 2 heterocycles. The number of nitrogens with one attached hydrogen (secondary N) is 1. The maximum absolute atomic E-state index is 7.61. The second-order valence-corrected chi connectivity index (χ2v) is 5.47. The quantitative estimate of drug-likeness (QED) is 0.630. The van der Waals surface area contributed by atoms with E-state index in [-0.39, 0.29) is 5.84 Å². The number of nitrogen functional groups attached to an aromatic ring is 1. The van der Waals surface area contributed by atoms with Crippen LogP contribution in [0.3, 0.4) is 0 Å². The first-order valence-electron chi connectivity index (χ1n) is 6.84. The number of amidine groups is 1. The first-order chi connectivity index (χ1) is 9.08. The van der Waals surface area contributed by atoms with Gasteiger partial charge in [-0.1, -0.05) is 13.8 Å². The summed E-state index contributed by atoms with van der Waals surface area (Å²) >= 11 is 0. The Labute approximate surface area is 114 Å². The van der Waals surface area contributed by atoms with Gasteiger partial charge in [-0.15, -0.1) is 0 Å². The highest BCUT2D eigenvalue weighted by Gasteiger charge is 2.20. The van der Waals surface area contributed by atoms with Crippen molar-refractivity contribution in [3.8, 4) is 0 Å². The summed E-state index contributed by atoms with van der Waals surface area (Å²) in [5, 5.41) is 7.61. The number of hydrogen-bond donors (Lipinski definition) is 2. The molecular formula is C14H23N5. The Morgan fingerprint density at radius 2 is 2.05 bits per heavy atom. The van der Waals surface area contributed by atoms with Crippen molar-refractivity contribution < 1.29 is 0 Å². The average Bonchev–Trinajstić information content (AvgIpc) is 2.39. The van der Waals surface area contributed by atoms with Crippen LogP contribution in [0.5, 0.6) is 0 Å². The van der Waals surface area contributed by atoms with Crippen molar-refractivity contribution in [1.82, 2.24) is 9.88 Å². The Kier molecular flexibility index (Phi) is 4.37. The van der Waals surface area contributed by atoms with E-state index in [0.717, 1.165) is 38.4 Å². The first-order valence-corrected chi connectivity index (χ1v) is 6.84. The SMILES string of the molecule is CC(C)CN1CCN(c2cccnc2C(=N)N)CC1. The molecule has 104 valence electrons. The van der Waals surface area contributed by atoms with Crippen molar-refractivity contribution in [3.05, 3.63) is 24.0 Å². The molecule has 1 aromatic rings. The standard InChI is InChI=1S/C14H23N5/c1-11(2)10-18-6-8-19(9-7-18)12-4-3-5-17-13(12)14(15)16/h3-5,11H,6-10H2,1-2H3,(H3,15,16). The van der Waals surface area contributed by atoms with E-state index in [9.17, 15) is 0 Å². The highest BCUT2D eigenvalue weighted by atomic mass is 15.3. The number of piperazine rings is 1. The fourth-order valence-electron chi connectivity index (χ4n) is 2.55. The summed E-state index contributed by atoms with van der Waals surface area (Å²) in [4.78, 5) is 8.99. The van der Waals surface area contributed by atoms with Crippen LogP contribution in [0.25, 0.3) is 0 Å². The van der Waals surface area contributed by atoms with Gasteiger partial charge in [-0.3, -0.25) is 15.3 Å². The van der Waals surface area contributed by atoms with Crippen LogP contribution in [0.1, 0.15) is 19.5 Å². The third kappa shape index (κ3) is 3.44. The van der Waals surface area contributed by atoms with E-state index >= 15 is 0 Å². The molecule has 19 heavy (non-hydrogen) atoms. The molecule has 1 fully saturated rings. The van der Waals surface area contributed by atoms with Crippen LogP contribution in [0.4, 0.5) is 5.69 Å². The Hall–Kier alpha value is -1.62. The molecule has 0 radical (unpaired) electrons. The van der Waals surface area contributed by atoms with Gasteiger partial charge >= 0.3 is 0 Å². The predicted molar refractivity (Wildman–Crippen MR) is 78.7 cm³/mol. The summed E-state index contributed by atoms with van der Waals surface area (Å²) in [6.07, 6.45) is 1.69. The van der Waals surface area contributed by atoms with Crippen LogP contribution in [-0.2, 0) is 0 Å². The second-order valence-electron chi connectivity index (χ2n) is 5.47. The highest BCUT2D eigenvalue weighted by molar-refractivity contribution is 5.98. The van der Waals surface area contributed by atoms with Gasteiger partial charge in [-0.05, 0) is 18.1 Å². The lowest BCUT2D eigenvalue weighted by molar-refractivity contribution is 0.231. The van der Waals surface area contributed by atoms with E-state index < -0.39 is 0 Å². The van der Waals surface area contributed by atoms with Gasteiger partial charge < -0.3 is 10.6 Å². The molecular weight excluding hydrogens is 238 g/mol. The molecule has 0 aromatic carbocycles. The van der Waals surface area contributed by atoms with Crippen molar-refractivity contribution in [1.29, 1.82) is 5.41 Å². The zero-order valence-electron chi connectivity index (χ0n) is 11.8. The molecule has 1 aliphatic rings. The van der Waals surface area contributed by atoms with Gasteiger partial charge in [0, 0.05) is 38.9 Å². The van der Waals surface area contributed by atoms with Gasteiger partial charge in [-0.25, -0.2) is 0 Å². The number of aromatic nitrogens is 1. The van der Waals surface area contributed by atoms with Crippen LogP contribution in [0.15, 0.2) is 18.3 Å². The molecule has 1 saturated heterocycles. The minimum atomic E-state index is 0.0419. The smallest absolute Gasteiger partial charge is 0.143 e. The maximum Gasteiger partial charge on any atom is 0.143 e. The van der Waals surface area contributed by atoms with Gasteiger partial charge in [0.1, 0.15) is 11.5 Å². The lowest BCUT2D eigenvalue weighted by Gasteiger charge is -2.37. The largest absolute Gasteiger partial charge is 0.382 e. The van der Waals surface area contributed by atoms with E-state index in [0.29, 0.717) is 11.6 Å². The minimum absolute atomic E-state index is 0.0419. The van der Waals surface area contributed by atoms with Crippen molar-refractivity contribution in [2.24, 2.45) is 11.7 Å². The monoisotopic (exact) mass is 261 g/mol. The van der Waals surface area contributed by atoms with E-state index in [2.05, 4.69) is 28.6 Å². The molecule has 0 bridgehead atoms. The lowest BCUT2D eigenvalue weighted by Crippen LogP contribution is -2.48. The van der Waals surface area contributed by atoms with Gasteiger partial charge in [0.25, 0.3) is 0 Å². The van der Waals surface area contributed by atoms with Crippen molar-refractivity contribution in [2.75, 3.05) is 37.6 Å². The van der Waals surface area contributed by atoms with E-state index in [1.165, 1.54) is 0 Å². The van der Waals surface area contributed by atoms with Crippen molar-refractivity contribution in [3.63, 3.8) is 0 Å². The van der Waals surface area contributed by atoms with Crippen LogP contribution < -0.4 is 10.6 Å². The van der Waals surface area contributed by atoms with E-state index in [4.69, 9.17) is 11.1 Å². The molecule has 5 heteroatoms. The fourth-order valence-corrected chi connectivity index (χ4v) is 2.55. The lowest BCUT2D eigenvalue weighted by atomic mass is 10.1. The highest BCUT2D eigenvalue weighted by Crippen LogP contribution is 2.19. The summed E-state index contributed by atoms with van der Waals surface area (Å²) in [5.74, 6) is 0.748. The molecule has 2 rings (SSSR count). The fraction of sp³-hybridized carbons (Fsp3) is 0.571. The molecule has 5 nitrogen and oxygen atoms in total. The third-order valence-electron chi connectivity index (χ3n) is 3.38. The Bertz CT molecular complexity index is 435.